The molecule has 0 aromatic heterocycles. The quantitative estimate of drug-likeness (QED) is 0.694. The third kappa shape index (κ3) is 3.48. The van der Waals surface area contributed by atoms with Crippen molar-refractivity contribution < 1.29 is 14.3 Å². The second-order valence-electron chi connectivity index (χ2n) is 5.22. The Kier molecular flexibility index (Phi) is 4.22. The fourth-order valence-corrected chi connectivity index (χ4v) is 2.71. The van der Waals surface area contributed by atoms with Crippen molar-refractivity contribution in [3.8, 4) is 0 Å². The highest BCUT2D eigenvalue weighted by atomic mass is 16.5. The van der Waals surface area contributed by atoms with Gasteiger partial charge in [0, 0.05) is 6.61 Å². The molecule has 2 aliphatic rings. The van der Waals surface area contributed by atoms with Gasteiger partial charge in [0.1, 0.15) is 6.10 Å². The fourth-order valence-electron chi connectivity index (χ4n) is 2.71. The van der Waals surface area contributed by atoms with Crippen LogP contribution in [0.5, 0.6) is 0 Å². The monoisotopic (exact) mass is 226 g/mol. The van der Waals surface area contributed by atoms with Crippen LogP contribution in [0.15, 0.2) is 0 Å². The predicted molar refractivity (Wildman–Crippen MR) is 61.1 cm³/mol. The first-order valence-electron chi connectivity index (χ1n) is 6.55. The van der Waals surface area contributed by atoms with Crippen molar-refractivity contribution in [1.82, 2.24) is 0 Å². The average Bonchev–Trinajstić information content (AvgIpc) is 2.70. The van der Waals surface area contributed by atoms with E-state index in [0.717, 1.165) is 32.3 Å². The largest absolute Gasteiger partial charge is 0.462 e. The number of hydrogen-bond donors (Lipinski definition) is 0. The van der Waals surface area contributed by atoms with Crippen LogP contribution in [0.3, 0.4) is 0 Å². The van der Waals surface area contributed by atoms with Crippen LogP contribution in [-0.2, 0) is 14.3 Å². The summed E-state index contributed by atoms with van der Waals surface area (Å²) in [4.78, 5) is 11.7. The molecule has 0 N–H and O–H groups in total. The molecule has 0 aromatic rings. The minimum absolute atomic E-state index is 0.0639. The van der Waals surface area contributed by atoms with E-state index in [-0.39, 0.29) is 18.2 Å². The lowest BCUT2D eigenvalue weighted by atomic mass is 9.89. The van der Waals surface area contributed by atoms with Crippen molar-refractivity contribution in [2.45, 2.75) is 64.1 Å². The maximum atomic E-state index is 11.7. The zero-order valence-electron chi connectivity index (χ0n) is 10.1. The summed E-state index contributed by atoms with van der Waals surface area (Å²) in [7, 11) is 0. The number of carbonyl (C=O) groups excluding carboxylic acids is 1. The molecule has 16 heavy (non-hydrogen) atoms. The van der Waals surface area contributed by atoms with Gasteiger partial charge in [-0.05, 0) is 38.0 Å². The van der Waals surface area contributed by atoms with E-state index in [9.17, 15) is 4.79 Å². The van der Waals surface area contributed by atoms with Crippen LogP contribution in [0, 0.1) is 5.92 Å². The summed E-state index contributed by atoms with van der Waals surface area (Å²) in [6.07, 6.45) is 7.38. The summed E-state index contributed by atoms with van der Waals surface area (Å²) in [6, 6.07) is 0. The van der Waals surface area contributed by atoms with E-state index < -0.39 is 0 Å². The van der Waals surface area contributed by atoms with Gasteiger partial charge < -0.3 is 9.47 Å². The van der Waals surface area contributed by atoms with Crippen molar-refractivity contribution in [1.29, 1.82) is 0 Å². The summed E-state index contributed by atoms with van der Waals surface area (Å²) in [5.74, 6) is 0.639. The van der Waals surface area contributed by atoms with E-state index in [1.165, 1.54) is 12.8 Å². The fraction of sp³-hybridized carbons (Fsp3) is 0.923. The standard InChI is InChI=1S/C13H22O3/c1-10-4-2-5-12(8-10)16-13(14)9-11-6-3-7-15-11/h10-12H,2-9H2,1H3. The third-order valence-electron chi connectivity index (χ3n) is 3.60. The first-order chi connectivity index (χ1) is 7.74. The normalized spacial score (nSPS) is 34.9. The second-order valence-corrected chi connectivity index (χ2v) is 5.22. The maximum Gasteiger partial charge on any atom is 0.308 e. The van der Waals surface area contributed by atoms with Crippen molar-refractivity contribution in [2.24, 2.45) is 5.92 Å². The molecule has 1 aliphatic carbocycles. The first-order valence-corrected chi connectivity index (χ1v) is 6.55. The van der Waals surface area contributed by atoms with Crippen LogP contribution in [-0.4, -0.2) is 24.8 Å². The van der Waals surface area contributed by atoms with Crippen LogP contribution >= 0.6 is 0 Å². The Hall–Kier alpha value is -0.570. The molecule has 0 spiro atoms. The Morgan fingerprint density at radius 3 is 2.88 bits per heavy atom. The molecule has 3 unspecified atom stereocenters. The van der Waals surface area contributed by atoms with Crippen molar-refractivity contribution in [2.75, 3.05) is 6.61 Å². The highest BCUT2D eigenvalue weighted by Gasteiger charge is 2.25. The third-order valence-corrected chi connectivity index (χ3v) is 3.60. The van der Waals surface area contributed by atoms with Gasteiger partial charge in [-0.3, -0.25) is 4.79 Å². The number of ether oxygens (including phenoxy) is 2. The van der Waals surface area contributed by atoms with Crippen LogP contribution < -0.4 is 0 Å². The molecule has 1 aliphatic heterocycles. The van der Waals surface area contributed by atoms with E-state index in [2.05, 4.69) is 6.92 Å². The van der Waals surface area contributed by atoms with Gasteiger partial charge in [-0.25, -0.2) is 0 Å². The van der Waals surface area contributed by atoms with Crippen LogP contribution in [0.2, 0.25) is 0 Å². The number of hydrogen-bond acceptors (Lipinski definition) is 3. The van der Waals surface area contributed by atoms with Gasteiger partial charge in [-0.1, -0.05) is 13.3 Å². The smallest absolute Gasteiger partial charge is 0.308 e. The summed E-state index contributed by atoms with van der Waals surface area (Å²) < 4.78 is 10.9. The highest BCUT2D eigenvalue weighted by Crippen LogP contribution is 2.26. The Balaban J connectivity index is 1.69. The molecule has 2 fully saturated rings. The molecule has 0 radical (unpaired) electrons. The van der Waals surface area contributed by atoms with E-state index in [1.54, 1.807) is 0 Å². The van der Waals surface area contributed by atoms with E-state index in [1.807, 2.05) is 0 Å². The van der Waals surface area contributed by atoms with Crippen molar-refractivity contribution >= 4 is 5.97 Å². The predicted octanol–water partition coefficient (Wildman–Crippen LogP) is 2.68. The van der Waals surface area contributed by atoms with Crippen molar-refractivity contribution in [3.05, 3.63) is 0 Å². The minimum Gasteiger partial charge on any atom is -0.462 e. The molecule has 1 saturated heterocycles. The molecule has 2 rings (SSSR count). The number of carbonyl (C=O) groups is 1. The second kappa shape index (κ2) is 5.67. The van der Waals surface area contributed by atoms with Crippen LogP contribution in [0.25, 0.3) is 0 Å². The average molecular weight is 226 g/mol. The maximum absolute atomic E-state index is 11.7. The SMILES string of the molecule is CC1CCCC(OC(=O)CC2CCCO2)C1. The van der Waals surface area contributed by atoms with E-state index in [4.69, 9.17) is 9.47 Å². The van der Waals surface area contributed by atoms with E-state index in [0.29, 0.717) is 12.3 Å². The lowest BCUT2D eigenvalue weighted by Crippen LogP contribution is -2.26. The molecule has 0 bridgehead atoms. The van der Waals surface area contributed by atoms with Gasteiger partial charge in [0.2, 0.25) is 0 Å². The summed E-state index contributed by atoms with van der Waals surface area (Å²) in [6.45, 7) is 3.04. The lowest BCUT2D eigenvalue weighted by Gasteiger charge is -2.26. The van der Waals surface area contributed by atoms with Gasteiger partial charge in [-0.2, -0.15) is 0 Å². The number of rotatable bonds is 3. The molecule has 0 amide bonds. The topological polar surface area (TPSA) is 35.5 Å². The first kappa shape index (κ1) is 11.9. The van der Waals surface area contributed by atoms with Gasteiger partial charge in [0.15, 0.2) is 0 Å². The lowest BCUT2D eigenvalue weighted by molar-refractivity contribution is -0.153. The summed E-state index contributed by atoms with van der Waals surface area (Å²) in [5.41, 5.74) is 0. The number of esters is 1. The van der Waals surface area contributed by atoms with Crippen molar-refractivity contribution in [3.63, 3.8) is 0 Å². The molecule has 1 heterocycles. The van der Waals surface area contributed by atoms with Crippen LogP contribution in [0.1, 0.15) is 51.9 Å². The van der Waals surface area contributed by atoms with Gasteiger partial charge >= 0.3 is 5.97 Å². The highest BCUT2D eigenvalue weighted by molar-refractivity contribution is 5.70. The summed E-state index contributed by atoms with van der Waals surface area (Å²) >= 11 is 0. The minimum atomic E-state index is -0.0639. The molecular formula is C13H22O3. The molecule has 3 heteroatoms. The van der Waals surface area contributed by atoms with Gasteiger partial charge in [0.05, 0.1) is 12.5 Å². The zero-order valence-corrected chi connectivity index (χ0v) is 10.1. The Bertz CT molecular complexity index is 233. The Labute approximate surface area is 97.5 Å². The molecule has 1 saturated carbocycles. The molecule has 0 aromatic carbocycles. The van der Waals surface area contributed by atoms with Crippen LogP contribution in [0.4, 0.5) is 0 Å². The van der Waals surface area contributed by atoms with E-state index >= 15 is 0 Å². The Morgan fingerprint density at radius 1 is 1.31 bits per heavy atom. The molecule has 3 nitrogen and oxygen atoms in total. The zero-order chi connectivity index (χ0) is 11.4. The molecular weight excluding hydrogens is 204 g/mol. The molecule has 92 valence electrons. The van der Waals surface area contributed by atoms with Gasteiger partial charge in [0.25, 0.3) is 0 Å². The molecule has 3 atom stereocenters. The van der Waals surface area contributed by atoms with Gasteiger partial charge in [-0.15, -0.1) is 0 Å². The summed E-state index contributed by atoms with van der Waals surface area (Å²) in [5, 5.41) is 0. The Morgan fingerprint density at radius 2 is 2.19 bits per heavy atom.